The number of halogens is 1. The first-order valence-electron chi connectivity index (χ1n) is 11.0. The highest BCUT2D eigenvalue weighted by atomic mass is 32.1. The monoisotopic (exact) mass is 468 g/mol. The molecule has 0 saturated carbocycles. The van der Waals surface area contributed by atoms with Gasteiger partial charge in [0.15, 0.2) is 5.13 Å². The van der Waals surface area contributed by atoms with Crippen molar-refractivity contribution >= 4 is 39.0 Å². The average molecular weight is 469 g/mol. The van der Waals surface area contributed by atoms with Gasteiger partial charge in [0.05, 0.1) is 16.9 Å². The van der Waals surface area contributed by atoms with Crippen LogP contribution in [0.15, 0.2) is 67.1 Å². The molecule has 34 heavy (non-hydrogen) atoms. The third-order valence-electron chi connectivity index (χ3n) is 5.72. The molecule has 6 aromatic rings. The van der Waals surface area contributed by atoms with Crippen LogP contribution in [-0.2, 0) is 0 Å². The van der Waals surface area contributed by atoms with Crippen molar-refractivity contribution in [2.24, 2.45) is 0 Å². The lowest BCUT2D eigenvalue weighted by Gasteiger charge is -2.11. The summed E-state index contributed by atoms with van der Waals surface area (Å²) in [4.78, 5) is 13.2. The van der Waals surface area contributed by atoms with E-state index in [0.717, 1.165) is 71.9 Å². The number of anilines is 1. The van der Waals surface area contributed by atoms with Gasteiger partial charge in [0.1, 0.15) is 11.3 Å². The summed E-state index contributed by atoms with van der Waals surface area (Å²) in [6.45, 7) is 4.21. The molecule has 0 aliphatic heterocycles. The van der Waals surface area contributed by atoms with E-state index in [2.05, 4.69) is 62.5 Å². The van der Waals surface area contributed by atoms with Gasteiger partial charge in [-0.05, 0) is 61.9 Å². The highest BCUT2D eigenvalue weighted by Gasteiger charge is 2.16. The number of pyridine rings is 2. The molecular formula is C26H21FN6S. The van der Waals surface area contributed by atoms with E-state index in [0.29, 0.717) is 6.04 Å². The van der Waals surface area contributed by atoms with E-state index in [-0.39, 0.29) is 5.13 Å². The Morgan fingerprint density at radius 1 is 0.971 bits per heavy atom. The van der Waals surface area contributed by atoms with Gasteiger partial charge in [-0.3, -0.25) is 10.1 Å². The molecule has 3 N–H and O–H groups in total. The number of nitrogens with one attached hydrogen (secondary N) is 3. The van der Waals surface area contributed by atoms with Crippen LogP contribution in [0.25, 0.3) is 54.9 Å². The van der Waals surface area contributed by atoms with Crippen LogP contribution < -0.4 is 5.32 Å². The zero-order valence-corrected chi connectivity index (χ0v) is 19.4. The maximum absolute atomic E-state index is 13.7. The molecule has 6 nitrogen and oxygen atoms in total. The lowest BCUT2D eigenvalue weighted by Crippen LogP contribution is -2.09. The van der Waals surface area contributed by atoms with Crippen LogP contribution in [0.4, 0.5) is 10.1 Å². The second-order valence-electron chi connectivity index (χ2n) is 8.50. The van der Waals surface area contributed by atoms with E-state index >= 15 is 0 Å². The number of aromatic nitrogens is 5. The van der Waals surface area contributed by atoms with Crippen LogP contribution in [-0.4, -0.2) is 31.2 Å². The number of hydrogen-bond donors (Lipinski definition) is 3. The Labute approximate surface area is 198 Å². The minimum atomic E-state index is -0.205. The molecule has 1 aromatic carbocycles. The van der Waals surface area contributed by atoms with Gasteiger partial charge >= 0.3 is 0 Å². The fraction of sp³-hybridized carbons (Fsp3) is 0.115. The molecule has 6 rings (SSSR count). The van der Waals surface area contributed by atoms with E-state index in [9.17, 15) is 4.39 Å². The molecule has 0 saturated heterocycles. The predicted octanol–water partition coefficient (Wildman–Crippen LogP) is 6.86. The summed E-state index contributed by atoms with van der Waals surface area (Å²) in [5.74, 6) is 0. The second-order valence-corrected chi connectivity index (χ2v) is 9.54. The number of thiophene rings is 1. The van der Waals surface area contributed by atoms with Gasteiger partial charge in [-0.2, -0.15) is 9.49 Å². The highest BCUT2D eigenvalue weighted by Crippen LogP contribution is 2.36. The predicted molar refractivity (Wildman–Crippen MR) is 136 cm³/mol. The summed E-state index contributed by atoms with van der Waals surface area (Å²) in [6.07, 6.45) is 5.44. The number of rotatable bonds is 5. The van der Waals surface area contributed by atoms with Gasteiger partial charge in [0, 0.05) is 51.4 Å². The molecule has 0 unspecified atom stereocenters. The Kier molecular flexibility index (Phi) is 4.88. The van der Waals surface area contributed by atoms with Crippen molar-refractivity contribution in [3.8, 4) is 33.0 Å². The zero-order chi connectivity index (χ0) is 23.2. The Morgan fingerprint density at radius 2 is 1.88 bits per heavy atom. The Balaban J connectivity index is 1.45. The molecule has 0 fully saturated rings. The van der Waals surface area contributed by atoms with Crippen LogP contribution in [0.1, 0.15) is 13.8 Å². The van der Waals surface area contributed by atoms with Gasteiger partial charge in [0.25, 0.3) is 0 Å². The SMILES string of the molecule is CC(C)Nc1cncc(-c2ccc3[nH]nc(-c4cc5c(-c6ccc(F)s6)ccnc5[nH]4)c3c2)c1. The number of benzene rings is 1. The van der Waals surface area contributed by atoms with Crippen LogP contribution in [0, 0.1) is 5.13 Å². The molecule has 0 radical (unpaired) electrons. The van der Waals surface area contributed by atoms with Gasteiger partial charge in [-0.15, -0.1) is 11.3 Å². The summed E-state index contributed by atoms with van der Waals surface area (Å²) < 4.78 is 13.7. The van der Waals surface area contributed by atoms with Crippen molar-refractivity contribution in [2.75, 3.05) is 5.32 Å². The van der Waals surface area contributed by atoms with Crippen molar-refractivity contribution < 1.29 is 4.39 Å². The molecule has 0 spiro atoms. The summed E-state index contributed by atoms with van der Waals surface area (Å²) in [5.41, 5.74) is 7.35. The number of H-pyrrole nitrogens is 2. The van der Waals surface area contributed by atoms with Crippen molar-refractivity contribution in [2.45, 2.75) is 19.9 Å². The topological polar surface area (TPSA) is 82.3 Å². The van der Waals surface area contributed by atoms with Gasteiger partial charge in [-0.1, -0.05) is 6.07 Å². The molecule has 5 heterocycles. The lowest BCUT2D eigenvalue weighted by atomic mass is 10.0. The first-order valence-corrected chi connectivity index (χ1v) is 11.8. The molecule has 0 aliphatic carbocycles. The second kappa shape index (κ2) is 8.07. The van der Waals surface area contributed by atoms with Crippen molar-refractivity contribution in [3.63, 3.8) is 0 Å². The van der Waals surface area contributed by atoms with E-state index in [1.807, 2.05) is 30.6 Å². The number of nitrogens with zero attached hydrogens (tertiary/aromatic N) is 3. The van der Waals surface area contributed by atoms with E-state index < -0.39 is 0 Å². The Morgan fingerprint density at radius 3 is 2.71 bits per heavy atom. The van der Waals surface area contributed by atoms with Crippen LogP contribution in [0.3, 0.4) is 0 Å². The minimum absolute atomic E-state index is 0.205. The molecule has 0 amide bonds. The molecule has 0 atom stereocenters. The van der Waals surface area contributed by atoms with Crippen LogP contribution in [0.2, 0.25) is 0 Å². The summed E-state index contributed by atoms with van der Waals surface area (Å²) in [7, 11) is 0. The van der Waals surface area contributed by atoms with Crippen molar-refractivity contribution in [1.29, 1.82) is 0 Å². The normalized spacial score (nSPS) is 11.6. The van der Waals surface area contributed by atoms with Crippen molar-refractivity contribution in [1.82, 2.24) is 25.1 Å². The molecule has 168 valence electrons. The largest absolute Gasteiger partial charge is 0.382 e. The number of fused-ring (bicyclic) bond motifs is 2. The summed E-state index contributed by atoms with van der Waals surface area (Å²) in [6, 6.07) is 15.9. The minimum Gasteiger partial charge on any atom is -0.382 e. The number of aromatic amines is 2. The summed E-state index contributed by atoms with van der Waals surface area (Å²) >= 11 is 1.13. The van der Waals surface area contributed by atoms with Crippen molar-refractivity contribution in [3.05, 3.63) is 72.3 Å². The van der Waals surface area contributed by atoms with Gasteiger partial charge < -0.3 is 10.3 Å². The zero-order valence-electron chi connectivity index (χ0n) is 18.6. The fourth-order valence-electron chi connectivity index (χ4n) is 4.24. The smallest absolute Gasteiger partial charge is 0.176 e. The van der Waals surface area contributed by atoms with Crippen LogP contribution in [0.5, 0.6) is 0 Å². The first kappa shape index (κ1) is 20.6. The maximum Gasteiger partial charge on any atom is 0.176 e. The first-order chi connectivity index (χ1) is 16.5. The Bertz CT molecular complexity index is 1640. The highest BCUT2D eigenvalue weighted by molar-refractivity contribution is 7.14. The molecule has 0 bridgehead atoms. The van der Waals surface area contributed by atoms with E-state index in [1.165, 1.54) is 6.07 Å². The van der Waals surface area contributed by atoms with Crippen LogP contribution >= 0.6 is 11.3 Å². The standard InChI is InChI=1S/C26H21FN6S/c1-14(2)30-17-9-16(12-28-13-17)15-3-4-21-20(10-15)25(33-32-21)22-11-19-18(7-8-29-26(19)31-22)23-5-6-24(27)34-23/h3-14,30H,1-2H3,(H,29,31)(H,32,33). The quantitative estimate of drug-likeness (QED) is 0.258. The van der Waals surface area contributed by atoms with E-state index in [1.54, 1.807) is 12.3 Å². The number of hydrogen-bond acceptors (Lipinski definition) is 5. The van der Waals surface area contributed by atoms with Gasteiger partial charge in [-0.25, -0.2) is 4.98 Å². The molecule has 0 aliphatic rings. The average Bonchev–Trinajstić information content (AvgIpc) is 3.55. The third-order valence-corrected chi connectivity index (χ3v) is 6.62. The third kappa shape index (κ3) is 3.62. The maximum atomic E-state index is 13.7. The lowest BCUT2D eigenvalue weighted by molar-refractivity contribution is 0.657. The van der Waals surface area contributed by atoms with Gasteiger partial charge in [0.2, 0.25) is 0 Å². The Hall–Kier alpha value is -4.04. The fourth-order valence-corrected chi connectivity index (χ4v) is 5.01. The summed E-state index contributed by atoms with van der Waals surface area (Å²) in [5, 5.41) is 12.8. The molecular weight excluding hydrogens is 447 g/mol. The van der Waals surface area contributed by atoms with E-state index in [4.69, 9.17) is 0 Å². The molecule has 8 heteroatoms. The molecule has 5 aromatic heterocycles.